The first-order valence-corrected chi connectivity index (χ1v) is 12.8. The summed E-state index contributed by atoms with van der Waals surface area (Å²) < 4.78 is 22.5. The fourth-order valence-electron chi connectivity index (χ4n) is 5.41. The molecule has 0 spiro atoms. The second-order valence-electron chi connectivity index (χ2n) is 9.47. The van der Waals surface area contributed by atoms with E-state index in [9.17, 15) is 9.90 Å². The van der Waals surface area contributed by atoms with Gasteiger partial charge in [0.25, 0.3) is 5.56 Å². The first-order valence-electron chi connectivity index (χ1n) is 12.0. The number of anilines is 1. The summed E-state index contributed by atoms with van der Waals surface area (Å²) in [6.45, 7) is 5.68. The van der Waals surface area contributed by atoms with Gasteiger partial charge >= 0.3 is 0 Å². The molecule has 2 aliphatic rings. The molecule has 2 N–H and O–H groups in total. The number of ether oxygens (including phenoxy) is 1. The highest BCUT2D eigenvalue weighted by Crippen LogP contribution is 2.43. The van der Waals surface area contributed by atoms with E-state index in [1.54, 1.807) is 15.5 Å². The Balaban J connectivity index is 1.58. The molecule has 3 aromatic rings. The zero-order valence-corrected chi connectivity index (χ0v) is 21.2. The van der Waals surface area contributed by atoms with Crippen molar-refractivity contribution < 1.29 is 14.2 Å². The largest absolute Gasteiger partial charge is 0.381 e. The third-order valence-corrected chi connectivity index (χ3v) is 8.11. The lowest BCUT2D eigenvalue weighted by Crippen LogP contribution is -2.42. The van der Waals surface area contributed by atoms with Crippen LogP contribution in [0.1, 0.15) is 30.9 Å². The van der Waals surface area contributed by atoms with Crippen LogP contribution in [0.25, 0.3) is 10.8 Å². The minimum atomic E-state index is -0.988. The van der Waals surface area contributed by atoms with E-state index in [-0.39, 0.29) is 33.8 Å². The molecule has 2 aromatic carbocycles. The molecule has 0 aliphatic carbocycles. The average molecular weight is 532 g/mol. The summed E-state index contributed by atoms with van der Waals surface area (Å²) in [6.07, 6.45) is 4.43. The van der Waals surface area contributed by atoms with E-state index in [2.05, 4.69) is 11.9 Å². The number of likely N-dealkylation sites (tertiary alicyclic amines) is 1. The van der Waals surface area contributed by atoms with Gasteiger partial charge in [-0.3, -0.25) is 9.69 Å². The number of benzene rings is 2. The Hall–Kier alpha value is -2.42. The van der Waals surface area contributed by atoms with Crippen molar-refractivity contribution in [2.75, 3.05) is 31.6 Å². The SMILES string of the molecule is C=CC(O)N1CC[C@](Nc2ccc3ccn(C4CCOCC4)c(=O)c3c2)(c2c(F)ccc(Cl)c2Cl)C1. The monoisotopic (exact) mass is 531 g/mol. The Bertz CT molecular complexity index is 1360. The fourth-order valence-corrected chi connectivity index (χ4v) is 5.90. The fraction of sp³-hybridized carbons (Fsp3) is 0.370. The Morgan fingerprint density at radius 1 is 1.22 bits per heavy atom. The van der Waals surface area contributed by atoms with Crippen molar-refractivity contribution in [3.63, 3.8) is 0 Å². The van der Waals surface area contributed by atoms with Crippen molar-refractivity contribution in [2.45, 2.75) is 37.1 Å². The number of hydrogen-bond acceptors (Lipinski definition) is 5. The van der Waals surface area contributed by atoms with Crippen LogP contribution in [0.3, 0.4) is 0 Å². The van der Waals surface area contributed by atoms with E-state index in [1.165, 1.54) is 18.2 Å². The summed E-state index contributed by atoms with van der Waals surface area (Å²) in [5.74, 6) is -0.491. The molecule has 0 amide bonds. The molecule has 1 unspecified atom stereocenters. The van der Waals surface area contributed by atoms with Gasteiger partial charge in [-0.1, -0.05) is 35.8 Å². The highest BCUT2D eigenvalue weighted by Gasteiger charge is 2.44. The van der Waals surface area contributed by atoms with E-state index in [4.69, 9.17) is 27.9 Å². The smallest absolute Gasteiger partial charge is 0.258 e. The minimum Gasteiger partial charge on any atom is -0.381 e. The van der Waals surface area contributed by atoms with Crippen LogP contribution in [0.15, 0.2) is 60.0 Å². The molecule has 0 bridgehead atoms. The van der Waals surface area contributed by atoms with Crippen LogP contribution in [0.2, 0.25) is 10.0 Å². The molecule has 9 heteroatoms. The zero-order chi connectivity index (χ0) is 25.4. The third-order valence-electron chi connectivity index (χ3n) is 7.31. The van der Waals surface area contributed by atoms with Crippen LogP contribution in [0, 0.1) is 5.82 Å². The molecule has 6 nitrogen and oxygen atoms in total. The number of hydrogen-bond donors (Lipinski definition) is 2. The molecule has 2 saturated heterocycles. The van der Waals surface area contributed by atoms with Gasteiger partial charge in [0.15, 0.2) is 0 Å². The molecule has 2 atom stereocenters. The van der Waals surface area contributed by atoms with Gasteiger partial charge in [0.05, 0.1) is 15.6 Å². The number of pyridine rings is 1. The lowest BCUT2D eigenvalue weighted by Gasteiger charge is -2.34. The van der Waals surface area contributed by atoms with Crippen LogP contribution in [-0.4, -0.2) is 47.1 Å². The van der Waals surface area contributed by atoms with Gasteiger partial charge in [0.2, 0.25) is 0 Å². The van der Waals surface area contributed by atoms with Crippen LogP contribution < -0.4 is 10.9 Å². The van der Waals surface area contributed by atoms with E-state index in [0.717, 1.165) is 18.2 Å². The molecule has 190 valence electrons. The van der Waals surface area contributed by atoms with E-state index in [1.807, 2.05) is 24.4 Å². The van der Waals surface area contributed by atoms with Crippen molar-refractivity contribution in [1.82, 2.24) is 9.47 Å². The van der Waals surface area contributed by atoms with Gasteiger partial charge in [-0.2, -0.15) is 0 Å². The van der Waals surface area contributed by atoms with E-state index in [0.29, 0.717) is 37.3 Å². The maximum absolute atomic E-state index is 15.3. The summed E-state index contributed by atoms with van der Waals surface area (Å²) in [7, 11) is 0. The number of aliphatic hydroxyl groups is 1. The third kappa shape index (κ3) is 4.55. The van der Waals surface area contributed by atoms with Gasteiger partial charge in [-0.05, 0) is 61.1 Å². The van der Waals surface area contributed by atoms with Gasteiger partial charge in [0.1, 0.15) is 12.0 Å². The van der Waals surface area contributed by atoms with Crippen LogP contribution >= 0.6 is 23.2 Å². The second-order valence-corrected chi connectivity index (χ2v) is 10.3. The second kappa shape index (κ2) is 10.1. The highest BCUT2D eigenvalue weighted by molar-refractivity contribution is 6.42. The lowest BCUT2D eigenvalue weighted by atomic mass is 9.87. The molecule has 2 aliphatic heterocycles. The van der Waals surface area contributed by atoms with Crippen molar-refractivity contribution in [2.24, 2.45) is 0 Å². The Labute approximate surface area is 218 Å². The number of rotatable bonds is 6. The predicted molar refractivity (Wildman–Crippen MR) is 141 cm³/mol. The van der Waals surface area contributed by atoms with Gasteiger partial charge in [-0.15, -0.1) is 0 Å². The Morgan fingerprint density at radius 2 is 2.00 bits per heavy atom. The molecule has 1 aromatic heterocycles. The number of nitrogens with one attached hydrogen (secondary N) is 1. The van der Waals surface area contributed by atoms with Crippen molar-refractivity contribution in [1.29, 1.82) is 0 Å². The molecule has 0 saturated carbocycles. The summed E-state index contributed by atoms with van der Waals surface area (Å²) in [6, 6.07) is 10.3. The van der Waals surface area contributed by atoms with Crippen LogP contribution in [-0.2, 0) is 10.3 Å². The summed E-state index contributed by atoms with van der Waals surface area (Å²) in [5, 5.41) is 15.6. The van der Waals surface area contributed by atoms with Gasteiger partial charge < -0.3 is 19.7 Å². The Morgan fingerprint density at radius 3 is 2.75 bits per heavy atom. The first kappa shape index (κ1) is 25.2. The summed E-state index contributed by atoms with van der Waals surface area (Å²) in [4.78, 5) is 15.2. The van der Waals surface area contributed by atoms with Gasteiger partial charge in [-0.25, -0.2) is 4.39 Å². The molecule has 3 heterocycles. The first-order chi connectivity index (χ1) is 17.3. The molecular weight excluding hydrogens is 504 g/mol. The molecule has 0 radical (unpaired) electrons. The quantitative estimate of drug-likeness (QED) is 0.333. The Kier molecular flexibility index (Phi) is 7.12. The summed E-state index contributed by atoms with van der Waals surface area (Å²) in [5.41, 5.74) is -0.171. The van der Waals surface area contributed by atoms with E-state index < -0.39 is 17.6 Å². The standard InChI is InChI=1S/C27H28Cl2FN3O3/c1-2-23(34)32-12-10-27(16-32,24-22(30)6-5-21(28)25(24)29)31-18-4-3-17-7-11-33(26(35)20(17)15-18)19-8-13-36-14-9-19/h2-7,11,15,19,23,31,34H,1,8-10,12-14,16H2/t23?,27-/m1/s1. The number of halogens is 3. The number of nitrogens with zero attached hydrogens (tertiary/aromatic N) is 2. The van der Waals surface area contributed by atoms with E-state index >= 15 is 4.39 Å². The molecule has 5 rings (SSSR count). The van der Waals surface area contributed by atoms with Gasteiger partial charge in [0, 0.05) is 55.2 Å². The maximum atomic E-state index is 15.3. The number of aromatic nitrogens is 1. The minimum absolute atomic E-state index is 0.0702. The van der Waals surface area contributed by atoms with Crippen LogP contribution in [0.5, 0.6) is 0 Å². The number of fused-ring (bicyclic) bond motifs is 1. The maximum Gasteiger partial charge on any atom is 0.258 e. The average Bonchev–Trinajstić information content (AvgIpc) is 3.31. The van der Waals surface area contributed by atoms with Crippen molar-refractivity contribution in [3.8, 4) is 0 Å². The molecular formula is C27H28Cl2FN3O3. The van der Waals surface area contributed by atoms with Crippen molar-refractivity contribution in [3.05, 3.63) is 87.0 Å². The summed E-state index contributed by atoms with van der Waals surface area (Å²) >= 11 is 12.8. The normalized spacial score (nSPS) is 22.1. The number of aliphatic hydroxyl groups excluding tert-OH is 1. The molecule has 36 heavy (non-hydrogen) atoms. The topological polar surface area (TPSA) is 66.7 Å². The predicted octanol–water partition coefficient (Wildman–Crippen LogP) is 5.32. The molecule has 2 fully saturated rings. The van der Waals surface area contributed by atoms with Crippen LogP contribution in [0.4, 0.5) is 10.1 Å². The lowest BCUT2D eigenvalue weighted by molar-refractivity contribution is 0.0575. The van der Waals surface area contributed by atoms with Crippen molar-refractivity contribution >= 4 is 39.7 Å². The highest BCUT2D eigenvalue weighted by atomic mass is 35.5. The zero-order valence-electron chi connectivity index (χ0n) is 19.7.